The van der Waals surface area contributed by atoms with Gasteiger partial charge in [0.05, 0.1) is 6.10 Å². The molecular weight excluding hydrogens is 256 g/mol. The van der Waals surface area contributed by atoms with Crippen LogP contribution >= 0.6 is 0 Å². The van der Waals surface area contributed by atoms with Gasteiger partial charge in [-0.05, 0) is 66.7 Å². The van der Waals surface area contributed by atoms with Gasteiger partial charge in [-0.25, -0.2) is 0 Å². The Morgan fingerprint density at radius 1 is 1.24 bits per heavy atom. The van der Waals surface area contributed by atoms with Gasteiger partial charge in [-0.3, -0.25) is 0 Å². The van der Waals surface area contributed by atoms with Gasteiger partial charge in [0.2, 0.25) is 0 Å². The summed E-state index contributed by atoms with van der Waals surface area (Å²) in [5.74, 6) is 0. The topological polar surface area (TPSA) is 20.2 Å². The number of rotatable bonds is 0. The first-order valence-electron chi connectivity index (χ1n) is 8.42. The van der Waals surface area contributed by atoms with Gasteiger partial charge in [-0.15, -0.1) is 0 Å². The summed E-state index contributed by atoms with van der Waals surface area (Å²) in [6.45, 7) is 4.79. The molecule has 0 amide bonds. The summed E-state index contributed by atoms with van der Waals surface area (Å²) in [7, 11) is 0. The minimum absolute atomic E-state index is 0.101. The Kier molecular flexibility index (Phi) is 2.05. The van der Waals surface area contributed by atoms with E-state index in [-0.39, 0.29) is 11.5 Å². The molecule has 1 spiro atoms. The first-order chi connectivity index (χ1) is 10.0. The first kappa shape index (κ1) is 12.5. The van der Waals surface area contributed by atoms with E-state index in [9.17, 15) is 5.11 Å². The third-order valence-corrected chi connectivity index (χ3v) is 7.61. The highest BCUT2D eigenvalue weighted by atomic mass is 16.3. The maximum absolute atomic E-state index is 10.7. The van der Waals surface area contributed by atoms with Gasteiger partial charge < -0.3 is 5.11 Å². The van der Waals surface area contributed by atoms with Crippen LogP contribution in [0.3, 0.4) is 0 Å². The number of benzene rings is 1. The van der Waals surface area contributed by atoms with E-state index in [0.717, 1.165) is 25.7 Å². The molecule has 21 heavy (non-hydrogen) atoms. The number of allylic oxidation sites excluding steroid dienone is 2. The largest absolute Gasteiger partial charge is 0.393 e. The van der Waals surface area contributed by atoms with Gasteiger partial charge >= 0.3 is 0 Å². The molecule has 0 heterocycles. The van der Waals surface area contributed by atoms with Gasteiger partial charge in [-0.2, -0.15) is 0 Å². The smallest absolute Gasteiger partial charge is 0.0608 e. The normalized spacial score (nSPS) is 46.5. The van der Waals surface area contributed by atoms with Crippen molar-refractivity contribution in [3.63, 3.8) is 0 Å². The SMILES string of the molecule is C[C@]12C[C@@H](O)[C@@]3(C)CCC4=C(CCc5c[c]ccc54)[C@]13C2. The Morgan fingerprint density at radius 2 is 2.10 bits per heavy atom. The van der Waals surface area contributed by atoms with Crippen LogP contribution in [0.2, 0.25) is 0 Å². The number of hydrogen-bond donors (Lipinski definition) is 1. The lowest BCUT2D eigenvalue weighted by Gasteiger charge is -2.46. The van der Waals surface area contributed by atoms with Crippen LogP contribution in [0.15, 0.2) is 23.8 Å². The second-order valence-corrected chi connectivity index (χ2v) is 8.32. The van der Waals surface area contributed by atoms with Crippen LogP contribution < -0.4 is 0 Å². The summed E-state index contributed by atoms with van der Waals surface area (Å²) in [4.78, 5) is 0. The zero-order valence-electron chi connectivity index (χ0n) is 13.0. The number of fused-ring (bicyclic) bond motifs is 2. The molecule has 4 atom stereocenters. The highest BCUT2D eigenvalue weighted by Gasteiger charge is 2.80. The lowest BCUT2D eigenvalue weighted by Crippen LogP contribution is -2.41. The molecule has 1 aromatic rings. The molecule has 4 aliphatic rings. The molecule has 0 saturated heterocycles. The number of aliphatic hydroxyl groups is 1. The quantitative estimate of drug-likeness (QED) is 0.756. The monoisotopic (exact) mass is 279 g/mol. The molecule has 5 rings (SSSR count). The molecule has 1 heteroatoms. The predicted octanol–water partition coefficient (Wildman–Crippen LogP) is 4.15. The minimum Gasteiger partial charge on any atom is -0.393 e. The third kappa shape index (κ3) is 1.17. The summed E-state index contributed by atoms with van der Waals surface area (Å²) in [5.41, 5.74) is 7.11. The Balaban J connectivity index is 1.75. The lowest BCUT2D eigenvalue weighted by molar-refractivity contribution is 0.0114. The summed E-state index contributed by atoms with van der Waals surface area (Å²) in [5, 5.41) is 10.7. The van der Waals surface area contributed by atoms with E-state index >= 15 is 0 Å². The van der Waals surface area contributed by atoms with Crippen molar-refractivity contribution in [2.24, 2.45) is 16.2 Å². The third-order valence-electron chi connectivity index (χ3n) is 7.61. The summed E-state index contributed by atoms with van der Waals surface area (Å²) < 4.78 is 0. The average molecular weight is 279 g/mol. The molecular formula is C20H23O. The summed E-state index contributed by atoms with van der Waals surface area (Å²) in [6, 6.07) is 9.76. The van der Waals surface area contributed by atoms with E-state index in [0.29, 0.717) is 10.8 Å². The molecule has 4 aliphatic carbocycles. The molecule has 0 unspecified atom stereocenters. The van der Waals surface area contributed by atoms with Crippen LogP contribution in [0.25, 0.3) is 5.57 Å². The maximum Gasteiger partial charge on any atom is 0.0608 e. The molecule has 1 radical (unpaired) electrons. The van der Waals surface area contributed by atoms with E-state index in [1.165, 1.54) is 24.0 Å². The fraction of sp³-hybridized carbons (Fsp3) is 0.600. The van der Waals surface area contributed by atoms with Crippen LogP contribution in [0, 0.1) is 22.3 Å². The number of aliphatic hydroxyl groups excluding tert-OH is 1. The molecule has 1 N–H and O–H groups in total. The van der Waals surface area contributed by atoms with Crippen molar-refractivity contribution in [3.05, 3.63) is 41.0 Å². The van der Waals surface area contributed by atoms with Gasteiger partial charge in [0, 0.05) is 10.8 Å². The highest BCUT2D eigenvalue weighted by Crippen LogP contribution is 2.86. The second-order valence-electron chi connectivity index (χ2n) is 8.32. The molecule has 1 nitrogen and oxygen atoms in total. The fourth-order valence-electron chi connectivity index (χ4n) is 6.49. The van der Waals surface area contributed by atoms with Crippen LogP contribution in [0.4, 0.5) is 0 Å². The van der Waals surface area contributed by atoms with Crippen molar-refractivity contribution in [1.29, 1.82) is 0 Å². The highest BCUT2D eigenvalue weighted by molar-refractivity contribution is 5.77. The van der Waals surface area contributed by atoms with Crippen LogP contribution in [0.5, 0.6) is 0 Å². The Labute approximate surface area is 127 Å². The van der Waals surface area contributed by atoms with E-state index in [1.807, 2.05) is 0 Å². The summed E-state index contributed by atoms with van der Waals surface area (Å²) in [6.07, 6.45) is 6.89. The van der Waals surface area contributed by atoms with E-state index in [4.69, 9.17) is 0 Å². The van der Waals surface area contributed by atoms with E-state index in [1.54, 1.807) is 11.1 Å². The lowest BCUT2D eigenvalue weighted by atomic mass is 9.58. The van der Waals surface area contributed by atoms with E-state index in [2.05, 4.69) is 38.1 Å². The molecule has 0 bridgehead atoms. The van der Waals surface area contributed by atoms with Crippen molar-refractivity contribution in [2.45, 2.75) is 58.5 Å². The zero-order chi connectivity index (χ0) is 14.5. The fourth-order valence-corrected chi connectivity index (χ4v) is 6.49. The molecule has 0 aromatic heterocycles. The van der Waals surface area contributed by atoms with Crippen molar-refractivity contribution >= 4 is 5.57 Å². The van der Waals surface area contributed by atoms with Gasteiger partial charge in [-0.1, -0.05) is 37.6 Å². The van der Waals surface area contributed by atoms with E-state index < -0.39 is 0 Å². The van der Waals surface area contributed by atoms with Crippen molar-refractivity contribution in [3.8, 4) is 0 Å². The van der Waals surface area contributed by atoms with Crippen LogP contribution in [-0.4, -0.2) is 11.2 Å². The Morgan fingerprint density at radius 3 is 2.95 bits per heavy atom. The standard InChI is InChI=1S/C20H23O/c1-18-11-17(21)19(2)10-9-15-14-6-4-3-5-13(14)7-8-16(15)20(18,19)12-18/h4-6,17,21H,7-12H2,1-2H3/t17-,18-,19-,20-/m1/s1. The van der Waals surface area contributed by atoms with Gasteiger partial charge in [0.25, 0.3) is 0 Å². The average Bonchev–Trinajstić information content (AvgIpc) is 3.04. The number of hydrogen-bond acceptors (Lipinski definition) is 1. The molecule has 2 fully saturated rings. The first-order valence-corrected chi connectivity index (χ1v) is 8.42. The maximum atomic E-state index is 10.7. The second kappa shape index (κ2) is 3.46. The van der Waals surface area contributed by atoms with Gasteiger partial charge in [0.1, 0.15) is 0 Å². The molecule has 1 aromatic carbocycles. The number of aryl methyl sites for hydroxylation is 1. The van der Waals surface area contributed by atoms with Crippen molar-refractivity contribution in [2.75, 3.05) is 0 Å². The molecule has 109 valence electrons. The Hall–Kier alpha value is -1.08. The zero-order valence-corrected chi connectivity index (χ0v) is 13.0. The predicted molar refractivity (Wildman–Crippen MR) is 83.6 cm³/mol. The minimum atomic E-state index is -0.101. The van der Waals surface area contributed by atoms with Crippen molar-refractivity contribution < 1.29 is 5.11 Å². The van der Waals surface area contributed by atoms with Crippen LogP contribution in [-0.2, 0) is 6.42 Å². The molecule has 0 aliphatic heterocycles. The molecule has 2 saturated carbocycles. The van der Waals surface area contributed by atoms with Crippen LogP contribution in [0.1, 0.15) is 57.1 Å². The van der Waals surface area contributed by atoms with Crippen molar-refractivity contribution in [1.82, 2.24) is 0 Å². The Bertz CT molecular complexity index is 687. The summed E-state index contributed by atoms with van der Waals surface area (Å²) >= 11 is 0. The van der Waals surface area contributed by atoms with Gasteiger partial charge in [0.15, 0.2) is 0 Å².